The molecular formula is C16H34N2O. The maximum Gasteiger partial charge on any atom is 0.230 e. The zero-order valence-corrected chi connectivity index (χ0v) is 13.8. The highest BCUT2D eigenvalue weighted by Crippen LogP contribution is 2.32. The van der Waals surface area contributed by atoms with Crippen molar-refractivity contribution in [1.82, 2.24) is 4.90 Å². The second-order valence-electron chi connectivity index (χ2n) is 6.43. The predicted molar refractivity (Wildman–Crippen MR) is 83.0 cm³/mol. The van der Waals surface area contributed by atoms with Crippen molar-refractivity contribution in [1.29, 1.82) is 0 Å². The molecule has 2 N–H and O–H groups in total. The number of carbonyl (C=O) groups is 1. The number of nitrogens with zero attached hydrogens (tertiary/aromatic N) is 1. The molecule has 0 aromatic carbocycles. The second kappa shape index (κ2) is 8.57. The molecule has 3 nitrogen and oxygen atoms in total. The minimum atomic E-state index is -0.345. The molecule has 0 aromatic rings. The van der Waals surface area contributed by atoms with E-state index in [0.717, 1.165) is 32.2 Å². The Hall–Kier alpha value is -0.570. The molecule has 0 spiro atoms. The Labute approximate surface area is 119 Å². The van der Waals surface area contributed by atoms with Gasteiger partial charge >= 0.3 is 0 Å². The zero-order chi connectivity index (χ0) is 15.1. The first-order chi connectivity index (χ1) is 8.84. The van der Waals surface area contributed by atoms with E-state index in [9.17, 15) is 4.79 Å². The normalized spacial score (nSPS) is 12.3. The molecule has 0 aromatic heterocycles. The first-order valence-corrected chi connectivity index (χ1v) is 7.85. The van der Waals surface area contributed by atoms with Crippen LogP contribution in [-0.4, -0.2) is 29.9 Å². The number of hydrogen-bond donors (Lipinski definition) is 1. The quantitative estimate of drug-likeness (QED) is 0.698. The van der Waals surface area contributed by atoms with Crippen LogP contribution in [-0.2, 0) is 4.79 Å². The lowest BCUT2D eigenvalue weighted by Gasteiger charge is -2.39. The summed E-state index contributed by atoms with van der Waals surface area (Å²) in [6, 6.07) is 0.245. The molecule has 0 radical (unpaired) electrons. The van der Waals surface area contributed by atoms with Gasteiger partial charge in [-0.15, -0.1) is 0 Å². The lowest BCUT2D eigenvalue weighted by atomic mass is 9.77. The van der Waals surface area contributed by atoms with Gasteiger partial charge in [-0.2, -0.15) is 0 Å². The van der Waals surface area contributed by atoms with Crippen LogP contribution in [0.5, 0.6) is 0 Å². The number of nitrogens with two attached hydrogens (primary N) is 1. The maximum absolute atomic E-state index is 13.0. The Bertz CT molecular complexity index is 255. The van der Waals surface area contributed by atoms with Crippen LogP contribution in [0.2, 0.25) is 0 Å². The molecule has 19 heavy (non-hydrogen) atoms. The number of hydrogen-bond acceptors (Lipinski definition) is 2. The van der Waals surface area contributed by atoms with Crippen LogP contribution in [0.25, 0.3) is 0 Å². The predicted octanol–water partition coefficient (Wildman–Crippen LogP) is 3.42. The van der Waals surface area contributed by atoms with Gasteiger partial charge in [-0.3, -0.25) is 4.79 Å². The number of amides is 1. The van der Waals surface area contributed by atoms with Gasteiger partial charge in [-0.25, -0.2) is 0 Å². The van der Waals surface area contributed by atoms with Gasteiger partial charge in [-0.05, 0) is 32.6 Å². The van der Waals surface area contributed by atoms with E-state index < -0.39 is 0 Å². The van der Waals surface area contributed by atoms with E-state index in [-0.39, 0.29) is 17.4 Å². The summed E-state index contributed by atoms with van der Waals surface area (Å²) in [7, 11) is 0. The highest BCUT2D eigenvalue weighted by atomic mass is 16.2. The fourth-order valence-electron chi connectivity index (χ4n) is 2.81. The molecule has 0 unspecified atom stereocenters. The van der Waals surface area contributed by atoms with Crippen LogP contribution in [0, 0.1) is 11.3 Å². The zero-order valence-electron chi connectivity index (χ0n) is 13.8. The van der Waals surface area contributed by atoms with Crippen molar-refractivity contribution in [3.05, 3.63) is 0 Å². The van der Waals surface area contributed by atoms with Crippen LogP contribution in [0.4, 0.5) is 0 Å². The van der Waals surface area contributed by atoms with Crippen LogP contribution in [0.1, 0.15) is 67.2 Å². The first-order valence-electron chi connectivity index (χ1n) is 7.85. The third-order valence-electron chi connectivity index (χ3n) is 3.75. The monoisotopic (exact) mass is 270 g/mol. The topological polar surface area (TPSA) is 46.3 Å². The van der Waals surface area contributed by atoms with Crippen LogP contribution < -0.4 is 5.73 Å². The molecule has 0 saturated heterocycles. The van der Waals surface area contributed by atoms with E-state index in [2.05, 4.69) is 41.5 Å². The Balaban J connectivity index is 5.21. The SMILES string of the molecule is CCCC(CN)(CCC)C(=O)N(CC(C)C)C(C)C. The van der Waals surface area contributed by atoms with Gasteiger partial charge < -0.3 is 10.6 Å². The molecule has 0 rings (SSSR count). The summed E-state index contributed by atoms with van der Waals surface area (Å²) in [5, 5.41) is 0. The summed E-state index contributed by atoms with van der Waals surface area (Å²) in [4.78, 5) is 15.0. The van der Waals surface area contributed by atoms with Crippen LogP contribution in [0.15, 0.2) is 0 Å². The number of rotatable bonds is 9. The Morgan fingerprint density at radius 1 is 1.11 bits per heavy atom. The first kappa shape index (κ1) is 18.4. The number of carbonyl (C=O) groups excluding carboxylic acids is 1. The fraction of sp³-hybridized carbons (Fsp3) is 0.938. The molecule has 1 amide bonds. The molecule has 0 heterocycles. The largest absolute Gasteiger partial charge is 0.339 e. The second-order valence-corrected chi connectivity index (χ2v) is 6.43. The average molecular weight is 270 g/mol. The van der Waals surface area contributed by atoms with Gasteiger partial charge in [0, 0.05) is 19.1 Å². The highest BCUT2D eigenvalue weighted by molar-refractivity contribution is 5.83. The van der Waals surface area contributed by atoms with Crippen molar-refractivity contribution in [2.24, 2.45) is 17.1 Å². The molecule has 0 saturated carbocycles. The molecule has 0 aliphatic heterocycles. The van der Waals surface area contributed by atoms with Crippen LogP contribution >= 0.6 is 0 Å². The molecule has 0 fully saturated rings. The summed E-state index contributed by atoms with van der Waals surface area (Å²) in [6.45, 7) is 14.1. The van der Waals surface area contributed by atoms with Gasteiger partial charge in [0.15, 0.2) is 0 Å². The van der Waals surface area contributed by atoms with Crippen molar-refractivity contribution in [3.63, 3.8) is 0 Å². The standard InChI is InChI=1S/C16H34N2O/c1-7-9-16(12-17,10-8-2)15(19)18(14(5)6)11-13(3)4/h13-14H,7-12,17H2,1-6H3. The maximum atomic E-state index is 13.0. The Morgan fingerprint density at radius 2 is 1.58 bits per heavy atom. The van der Waals surface area contributed by atoms with Gasteiger partial charge in [0.05, 0.1) is 5.41 Å². The molecular weight excluding hydrogens is 236 g/mol. The van der Waals surface area contributed by atoms with Crippen molar-refractivity contribution < 1.29 is 4.79 Å². The van der Waals surface area contributed by atoms with Crippen molar-refractivity contribution in [3.8, 4) is 0 Å². The van der Waals surface area contributed by atoms with E-state index in [1.165, 1.54) is 0 Å². The van der Waals surface area contributed by atoms with Gasteiger partial charge in [0.25, 0.3) is 0 Å². The van der Waals surface area contributed by atoms with E-state index in [1.54, 1.807) is 0 Å². The molecule has 0 aliphatic carbocycles. The van der Waals surface area contributed by atoms with E-state index in [0.29, 0.717) is 12.5 Å². The van der Waals surface area contributed by atoms with Crippen molar-refractivity contribution in [2.75, 3.05) is 13.1 Å². The Morgan fingerprint density at radius 3 is 1.84 bits per heavy atom. The minimum absolute atomic E-state index is 0.245. The summed E-state index contributed by atoms with van der Waals surface area (Å²) in [5.41, 5.74) is 5.66. The average Bonchev–Trinajstić information content (AvgIpc) is 2.34. The molecule has 3 heteroatoms. The molecule has 0 aliphatic rings. The fourth-order valence-corrected chi connectivity index (χ4v) is 2.81. The van der Waals surface area contributed by atoms with Crippen molar-refractivity contribution >= 4 is 5.91 Å². The van der Waals surface area contributed by atoms with Gasteiger partial charge in [0.1, 0.15) is 0 Å². The third-order valence-corrected chi connectivity index (χ3v) is 3.75. The van der Waals surface area contributed by atoms with E-state index in [4.69, 9.17) is 5.73 Å². The minimum Gasteiger partial charge on any atom is -0.339 e. The van der Waals surface area contributed by atoms with Gasteiger partial charge in [0.2, 0.25) is 5.91 Å². The lowest BCUT2D eigenvalue weighted by molar-refractivity contribution is -0.145. The summed E-state index contributed by atoms with van der Waals surface area (Å²) < 4.78 is 0. The Kier molecular flexibility index (Phi) is 8.31. The van der Waals surface area contributed by atoms with Crippen LogP contribution in [0.3, 0.4) is 0 Å². The summed E-state index contributed by atoms with van der Waals surface area (Å²) in [6.07, 6.45) is 3.82. The third kappa shape index (κ3) is 5.13. The summed E-state index contributed by atoms with van der Waals surface area (Å²) >= 11 is 0. The van der Waals surface area contributed by atoms with Crippen molar-refractivity contribution in [2.45, 2.75) is 73.3 Å². The smallest absolute Gasteiger partial charge is 0.230 e. The molecule has 0 bridgehead atoms. The molecule has 0 atom stereocenters. The van der Waals surface area contributed by atoms with E-state index >= 15 is 0 Å². The summed E-state index contributed by atoms with van der Waals surface area (Å²) in [5.74, 6) is 0.757. The lowest BCUT2D eigenvalue weighted by Crippen LogP contribution is -2.51. The molecule has 114 valence electrons. The van der Waals surface area contributed by atoms with E-state index in [1.807, 2.05) is 4.90 Å². The highest BCUT2D eigenvalue weighted by Gasteiger charge is 2.39. The van der Waals surface area contributed by atoms with Gasteiger partial charge in [-0.1, -0.05) is 40.5 Å².